The van der Waals surface area contributed by atoms with Gasteiger partial charge in [-0.25, -0.2) is 4.98 Å². The summed E-state index contributed by atoms with van der Waals surface area (Å²) in [4.78, 5) is 39.4. The molecule has 2 amide bonds. The van der Waals surface area contributed by atoms with Gasteiger partial charge in [-0.15, -0.1) is 11.3 Å². The van der Waals surface area contributed by atoms with Gasteiger partial charge in [-0.2, -0.15) is 0 Å². The minimum absolute atomic E-state index is 0.122. The second-order valence-electron chi connectivity index (χ2n) is 8.34. The van der Waals surface area contributed by atoms with Crippen LogP contribution in [0.4, 0.5) is 22.7 Å². The number of hydrogen-bond donors (Lipinski definition) is 3. The molecule has 0 fully saturated rings. The number of fused-ring (bicyclic) bond motifs is 2. The number of rotatable bonds is 7. The molecule has 0 radical (unpaired) electrons. The number of aryl methyl sites for hydroxylation is 1. The predicted molar refractivity (Wildman–Crippen MR) is 141 cm³/mol. The number of nitro benzene ring substituents is 1. The normalized spacial score (nSPS) is 12.0. The van der Waals surface area contributed by atoms with Gasteiger partial charge in [0.15, 0.2) is 5.75 Å². The van der Waals surface area contributed by atoms with Crippen LogP contribution in [0.3, 0.4) is 0 Å². The Bertz CT molecular complexity index is 1560. The van der Waals surface area contributed by atoms with E-state index in [2.05, 4.69) is 15.6 Å². The number of amides is 2. The van der Waals surface area contributed by atoms with Gasteiger partial charge in [-0.1, -0.05) is 12.1 Å². The van der Waals surface area contributed by atoms with Crippen LogP contribution in [0, 0.1) is 10.1 Å². The third-order valence-electron chi connectivity index (χ3n) is 5.94. The third-order valence-corrected chi connectivity index (χ3v) is 6.85. The Morgan fingerprint density at radius 3 is 2.51 bits per heavy atom. The number of thiazole rings is 1. The second kappa shape index (κ2) is 9.70. The lowest BCUT2D eigenvalue weighted by Gasteiger charge is -2.12. The number of aromatic nitrogens is 1. The van der Waals surface area contributed by atoms with Gasteiger partial charge in [0, 0.05) is 29.9 Å². The zero-order chi connectivity index (χ0) is 26.1. The smallest absolute Gasteiger partial charge is 0.310 e. The van der Waals surface area contributed by atoms with Gasteiger partial charge in [0.2, 0.25) is 5.91 Å². The first-order chi connectivity index (χ1) is 17.8. The van der Waals surface area contributed by atoms with Gasteiger partial charge in [0.1, 0.15) is 0 Å². The molecule has 0 aliphatic carbocycles. The lowest BCUT2D eigenvalue weighted by molar-refractivity contribution is -0.385. The number of carbonyl (C=O) groups excluding carboxylic acids is 2. The van der Waals surface area contributed by atoms with Gasteiger partial charge in [0.05, 0.1) is 45.4 Å². The van der Waals surface area contributed by atoms with E-state index in [0.29, 0.717) is 34.6 Å². The summed E-state index contributed by atoms with van der Waals surface area (Å²) in [6.45, 7) is 0. The molecule has 3 aromatic carbocycles. The first-order valence-electron chi connectivity index (χ1n) is 11.2. The van der Waals surface area contributed by atoms with Crippen LogP contribution in [0.25, 0.3) is 22.4 Å². The van der Waals surface area contributed by atoms with Crippen LogP contribution >= 0.6 is 11.3 Å². The third kappa shape index (κ3) is 4.84. The number of hydrogen-bond acceptors (Lipinski definition) is 8. The van der Waals surface area contributed by atoms with E-state index in [1.807, 2.05) is 29.6 Å². The van der Waals surface area contributed by atoms with Crippen LogP contribution in [0.2, 0.25) is 0 Å². The topological polar surface area (TPSA) is 149 Å². The standard InChI is InChI=1S/C26H21N5O5S/c1-36-23-12-15(4-7-22(23)31(34)35)14-2-5-17-19(10-14)28-18-6-3-16(11-20(18)30-26(17)33)21-13-37-25(29-21)9-8-24(27)32/h2-7,10-13,28H,8-9H2,1H3,(H2,27,32)(H,30,33). The maximum atomic E-state index is 13.0. The zero-order valence-electron chi connectivity index (χ0n) is 19.6. The summed E-state index contributed by atoms with van der Waals surface area (Å²) in [7, 11) is 1.38. The Kier molecular flexibility index (Phi) is 6.28. The maximum absolute atomic E-state index is 13.0. The first kappa shape index (κ1) is 23.9. The van der Waals surface area contributed by atoms with Crippen molar-refractivity contribution in [3.8, 4) is 28.1 Å². The Morgan fingerprint density at radius 2 is 1.76 bits per heavy atom. The molecule has 37 heavy (non-hydrogen) atoms. The van der Waals surface area contributed by atoms with Crippen LogP contribution in [-0.4, -0.2) is 28.8 Å². The van der Waals surface area contributed by atoms with E-state index in [-0.39, 0.29) is 29.7 Å². The number of nitrogens with one attached hydrogen (secondary N) is 2. The summed E-state index contributed by atoms with van der Waals surface area (Å²) >= 11 is 1.45. The lowest BCUT2D eigenvalue weighted by atomic mass is 10.0. The van der Waals surface area contributed by atoms with Crippen molar-refractivity contribution in [3.05, 3.63) is 80.7 Å². The highest BCUT2D eigenvalue weighted by atomic mass is 32.1. The SMILES string of the molecule is COc1cc(-c2ccc3c(c2)Nc2ccc(-c4csc(CCC(N)=O)n4)cc2NC3=O)ccc1[N+](=O)[O-]. The summed E-state index contributed by atoms with van der Waals surface area (Å²) in [6, 6.07) is 15.6. The van der Waals surface area contributed by atoms with E-state index in [1.165, 1.54) is 24.5 Å². The molecule has 11 heteroatoms. The van der Waals surface area contributed by atoms with Gasteiger partial charge >= 0.3 is 5.69 Å². The predicted octanol–water partition coefficient (Wildman–Crippen LogP) is 5.12. The number of nitrogens with two attached hydrogens (primary N) is 1. The second-order valence-corrected chi connectivity index (χ2v) is 9.28. The quantitative estimate of drug-likeness (QED) is 0.228. The van der Waals surface area contributed by atoms with E-state index in [1.54, 1.807) is 24.3 Å². The molecule has 0 spiro atoms. The fourth-order valence-electron chi connectivity index (χ4n) is 4.07. The summed E-state index contributed by atoms with van der Waals surface area (Å²) in [5, 5.41) is 20.2. The van der Waals surface area contributed by atoms with Gasteiger partial charge in [-0.3, -0.25) is 19.7 Å². The molecule has 186 valence electrons. The highest BCUT2D eigenvalue weighted by Crippen LogP contribution is 2.38. The van der Waals surface area contributed by atoms with E-state index in [0.717, 1.165) is 21.8 Å². The van der Waals surface area contributed by atoms with Crippen molar-refractivity contribution in [2.75, 3.05) is 17.7 Å². The van der Waals surface area contributed by atoms with E-state index in [4.69, 9.17) is 10.5 Å². The monoisotopic (exact) mass is 515 g/mol. The van der Waals surface area contributed by atoms with Crippen LogP contribution in [0.1, 0.15) is 21.8 Å². The Morgan fingerprint density at radius 1 is 1.03 bits per heavy atom. The molecule has 2 heterocycles. The Labute approximate surface area is 215 Å². The van der Waals surface area contributed by atoms with Crippen molar-refractivity contribution in [2.45, 2.75) is 12.8 Å². The highest BCUT2D eigenvalue weighted by molar-refractivity contribution is 7.09. The van der Waals surface area contributed by atoms with Gasteiger partial charge in [-0.05, 0) is 47.5 Å². The van der Waals surface area contributed by atoms with Crippen LogP contribution < -0.4 is 21.1 Å². The number of nitro groups is 1. The largest absolute Gasteiger partial charge is 0.490 e. The number of carbonyl (C=O) groups is 2. The lowest BCUT2D eigenvalue weighted by Crippen LogP contribution is -2.11. The van der Waals surface area contributed by atoms with Crippen molar-refractivity contribution >= 4 is 45.9 Å². The Balaban J connectivity index is 1.45. The van der Waals surface area contributed by atoms with Crippen molar-refractivity contribution in [1.82, 2.24) is 4.98 Å². The summed E-state index contributed by atoms with van der Waals surface area (Å²) in [6.07, 6.45) is 0.728. The van der Waals surface area contributed by atoms with Crippen LogP contribution in [0.5, 0.6) is 5.75 Å². The first-order valence-corrected chi connectivity index (χ1v) is 12.1. The zero-order valence-corrected chi connectivity index (χ0v) is 20.4. The number of anilines is 3. The Hall–Kier alpha value is -4.77. The minimum atomic E-state index is -0.496. The number of primary amides is 1. The molecule has 4 aromatic rings. The molecule has 1 aromatic heterocycles. The molecule has 0 unspecified atom stereocenters. The number of nitrogens with zero attached hydrogens (tertiary/aromatic N) is 2. The molecular weight excluding hydrogens is 494 g/mol. The molecule has 4 N–H and O–H groups in total. The maximum Gasteiger partial charge on any atom is 0.310 e. The number of benzene rings is 3. The molecular formula is C26H21N5O5S. The molecule has 0 saturated carbocycles. The summed E-state index contributed by atoms with van der Waals surface area (Å²) in [5.41, 5.74) is 10.5. The van der Waals surface area contributed by atoms with Crippen molar-refractivity contribution in [3.63, 3.8) is 0 Å². The average molecular weight is 516 g/mol. The minimum Gasteiger partial charge on any atom is -0.490 e. The summed E-state index contributed by atoms with van der Waals surface area (Å²) in [5.74, 6) is -0.487. The molecule has 1 aliphatic rings. The molecule has 0 saturated heterocycles. The van der Waals surface area contributed by atoms with Crippen molar-refractivity contribution in [2.24, 2.45) is 5.73 Å². The van der Waals surface area contributed by atoms with E-state index >= 15 is 0 Å². The van der Waals surface area contributed by atoms with Gasteiger partial charge < -0.3 is 21.1 Å². The molecule has 0 atom stereocenters. The highest BCUT2D eigenvalue weighted by Gasteiger charge is 2.21. The van der Waals surface area contributed by atoms with Crippen LogP contribution in [0.15, 0.2) is 60.0 Å². The van der Waals surface area contributed by atoms with Gasteiger partial charge in [0.25, 0.3) is 5.91 Å². The molecule has 1 aliphatic heterocycles. The fraction of sp³-hybridized carbons (Fsp3) is 0.115. The summed E-state index contributed by atoms with van der Waals surface area (Å²) < 4.78 is 5.19. The number of ether oxygens (including phenoxy) is 1. The molecule has 10 nitrogen and oxygen atoms in total. The number of methoxy groups -OCH3 is 1. The van der Waals surface area contributed by atoms with E-state index in [9.17, 15) is 19.7 Å². The van der Waals surface area contributed by atoms with E-state index < -0.39 is 4.92 Å². The van der Waals surface area contributed by atoms with Crippen LogP contribution in [-0.2, 0) is 11.2 Å². The fourth-order valence-corrected chi connectivity index (χ4v) is 4.88. The molecule has 5 rings (SSSR count). The average Bonchev–Trinajstić information content (AvgIpc) is 3.31. The van der Waals surface area contributed by atoms with Crippen molar-refractivity contribution < 1.29 is 19.2 Å². The van der Waals surface area contributed by atoms with Crippen molar-refractivity contribution in [1.29, 1.82) is 0 Å². The molecule has 0 bridgehead atoms.